The number of anilines is 1. The number of nitrogens with zero attached hydrogens (tertiary/aromatic N) is 3. The molecule has 1 unspecified atom stereocenters. The molecule has 1 atom stereocenters. The predicted molar refractivity (Wildman–Crippen MR) is 93.0 cm³/mol. The van der Waals surface area contributed by atoms with E-state index in [-0.39, 0.29) is 36.6 Å². The first-order valence-electron chi connectivity index (χ1n) is 8.01. The molecule has 1 fully saturated rings. The van der Waals surface area contributed by atoms with Crippen LogP contribution in [0, 0.1) is 5.92 Å². The molecule has 1 aliphatic rings. The highest BCUT2D eigenvalue weighted by Gasteiger charge is 2.37. The van der Waals surface area contributed by atoms with Gasteiger partial charge in [0.15, 0.2) is 0 Å². The third-order valence-corrected chi connectivity index (χ3v) is 4.24. The summed E-state index contributed by atoms with van der Waals surface area (Å²) in [5.41, 5.74) is -0.748. The van der Waals surface area contributed by atoms with Gasteiger partial charge >= 0.3 is 6.18 Å². The molecule has 5 nitrogen and oxygen atoms in total. The summed E-state index contributed by atoms with van der Waals surface area (Å²) in [4.78, 5) is 19.6. The third kappa shape index (κ3) is 5.47. The fourth-order valence-corrected chi connectivity index (χ4v) is 2.94. The quantitative estimate of drug-likeness (QED) is 0.852. The Hall–Kier alpha value is -1.54. The van der Waals surface area contributed by atoms with Crippen molar-refractivity contribution < 1.29 is 18.0 Å². The SMILES string of the molecule is CNCCN(C)C(=O)C1CCCN(c2ncccc2C(F)(F)F)C1.Cl. The lowest BCUT2D eigenvalue weighted by molar-refractivity contribution is -0.137. The number of hydrogen-bond donors (Lipinski definition) is 1. The van der Waals surface area contributed by atoms with Gasteiger partial charge in [-0.3, -0.25) is 4.79 Å². The van der Waals surface area contributed by atoms with Gasteiger partial charge in [-0.2, -0.15) is 13.2 Å². The van der Waals surface area contributed by atoms with Gasteiger partial charge in [-0.15, -0.1) is 12.4 Å². The van der Waals surface area contributed by atoms with Crippen LogP contribution >= 0.6 is 12.4 Å². The lowest BCUT2D eigenvalue weighted by Crippen LogP contribution is -2.45. The van der Waals surface area contributed by atoms with E-state index in [1.54, 1.807) is 23.9 Å². The molecule has 1 N–H and O–H groups in total. The van der Waals surface area contributed by atoms with Crippen molar-refractivity contribution in [2.45, 2.75) is 19.0 Å². The number of nitrogens with one attached hydrogen (secondary N) is 1. The Morgan fingerprint density at radius 2 is 2.20 bits per heavy atom. The van der Waals surface area contributed by atoms with E-state index in [9.17, 15) is 18.0 Å². The average Bonchev–Trinajstić information content (AvgIpc) is 2.58. The van der Waals surface area contributed by atoms with Gasteiger partial charge in [0.1, 0.15) is 5.82 Å². The van der Waals surface area contributed by atoms with Gasteiger partial charge < -0.3 is 15.1 Å². The summed E-state index contributed by atoms with van der Waals surface area (Å²) in [5, 5.41) is 2.98. The lowest BCUT2D eigenvalue weighted by Gasteiger charge is -2.35. The van der Waals surface area contributed by atoms with Crippen LogP contribution in [0.2, 0.25) is 0 Å². The number of halogens is 4. The number of rotatable bonds is 5. The zero-order valence-corrected chi connectivity index (χ0v) is 15.2. The summed E-state index contributed by atoms with van der Waals surface area (Å²) >= 11 is 0. The standard InChI is InChI=1S/C16H23F3N4O.ClH/c1-20-8-10-22(2)15(24)12-5-4-9-23(11-12)14-13(16(17,18)19)6-3-7-21-14;/h3,6-7,12,20H,4-5,8-11H2,1-2H3;1H. The molecule has 0 bridgehead atoms. The number of piperidine rings is 1. The number of pyridine rings is 1. The van der Waals surface area contributed by atoms with Gasteiger partial charge in [0.2, 0.25) is 5.91 Å². The van der Waals surface area contributed by atoms with Gasteiger partial charge in [0, 0.05) is 39.4 Å². The molecule has 1 saturated heterocycles. The first-order valence-corrected chi connectivity index (χ1v) is 8.01. The van der Waals surface area contributed by atoms with Crippen molar-refractivity contribution in [2.24, 2.45) is 5.92 Å². The molecule has 1 aliphatic heterocycles. The molecule has 25 heavy (non-hydrogen) atoms. The molecule has 1 aromatic rings. The van der Waals surface area contributed by atoms with Crippen LogP contribution in [0.3, 0.4) is 0 Å². The third-order valence-electron chi connectivity index (χ3n) is 4.24. The van der Waals surface area contributed by atoms with Crippen molar-refractivity contribution in [1.82, 2.24) is 15.2 Å². The van der Waals surface area contributed by atoms with Gasteiger partial charge in [-0.05, 0) is 32.0 Å². The summed E-state index contributed by atoms with van der Waals surface area (Å²) in [6.45, 7) is 1.99. The highest BCUT2D eigenvalue weighted by molar-refractivity contribution is 5.85. The van der Waals surface area contributed by atoms with Crippen molar-refractivity contribution in [3.63, 3.8) is 0 Å². The number of hydrogen-bond acceptors (Lipinski definition) is 4. The van der Waals surface area contributed by atoms with Gasteiger partial charge in [0.05, 0.1) is 11.5 Å². The maximum Gasteiger partial charge on any atom is 0.419 e. The molecule has 0 aromatic carbocycles. The second-order valence-electron chi connectivity index (χ2n) is 6.02. The number of carbonyl (C=O) groups is 1. The molecule has 0 radical (unpaired) electrons. The molecule has 0 aliphatic carbocycles. The van der Waals surface area contributed by atoms with Crippen LogP contribution in [0.15, 0.2) is 18.3 Å². The number of aromatic nitrogens is 1. The van der Waals surface area contributed by atoms with Gasteiger partial charge in [-0.1, -0.05) is 0 Å². The maximum absolute atomic E-state index is 13.2. The van der Waals surface area contributed by atoms with E-state index < -0.39 is 11.7 Å². The predicted octanol–water partition coefficient (Wildman–Crippen LogP) is 2.42. The first-order chi connectivity index (χ1) is 11.3. The van der Waals surface area contributed by atoms with Crippen LogP contribution in [-0.4, -0.2) is 56.1 Å². The average molecular weight is 381 g/mol. The Kier molecular flexibility index (Phi) is 7.95. The molecule has 1 aromatic heterocycles. The smallest absolute Gasteiger partial charge is 0.355 e. The van der Waals surface area contributed by atoms with E-state index >= 15 is 0 Å². The molecule has 142 valence electrons. The van der Waals surface area contributed by atoms with Crippen LogP contribution in [0.5, 0.6) is 0 Å². The molecule has 2 heterocycles. The van der Waals surface area contributed by atoms with E-state index in [1.165, 1.54) is 12.3 Å². The molecule has 1 amide bonds. The summed E-state index contributed by atoms with van der Waals surface area (Å²) in [7, 11) is 3.53. The monoisotopic (exact) mass is 380 g/mol. The molecule has 2 rings (SSSR count). The fraction of sp³-hybridized carbons (Fsp3) is 0.625. The number of alkyl halides is 3. The normalized spacial score (nSPS) is 17.8. The van der Waals surface area contributed by atoms with Crippen molar-refractivity contribution >= 4 is 24.1 Å². The topological polar surface area (TPSA) is 48.5 Å². The fourth-order valence-electron chi connectivity index (χ4n) is 2.94. The van der Waals surface area contributed by atoms with Crippen LogP contribution in [0.25, 0.3) is 0 Å². The zero-order chi connectivity index (χ0) is 17.7. The molecular weight excluding hydrogens is 357 g/mol. The highest BCUT2D eigenvalue weighted by Crippen LogP contribution is 2.36. The van der Waals surface area contributed by atoms with E-state index in [2.05, 4.69) is 10.3 Å². The second kappa shape index (κ2) is 9.24. The van der Waals surface area contributed by atoms with Crippen LogP contribution in [-0.2, 0) is 11.0 Å². The molecule has 9 heteroatoms. The highest BCUT2D eigenvalue weighted by atomic mass is 35.5. The van der Waals surface area contributed by atoms with E-state index in [4.69, 9.17) is 0 Å². The second-order valence-corrected chi connectivity index (χ2v) is 6.02. The van der Waals surface area contributed by atoms with Crippen molar-refractivity contribution in [3.8, 4) is 0 Å². The van der Waals surface area contributed by atoms with Crippen LogP contribution < -0.4 is 10.2 Å². The number of likely N-dealkylation sites (N-methyl/N-ethyl adjacent to an activating group) is 2. The molecular formula is C16H24ClF3N4O. The molecule has 0 saturated carbocycles. The Balaban J connectivity index is 0.00000312. The van der Waals surface area contributed by atoms with Crippen molar-refractivity contribution in [1.29, 1.82) is 0 Å². The maximum atomic E-state index is 13.2. The molecule has 0 spiro atoms. The lowest BCUT2D eigenvalue weighted by atomic mass is 9.96. The Morgan fingerprint density at radius 1 is 1.48 bits per heavy atom. The van der Waals surface area contributed by atoms with Gasteiger partial charge in [-0.25, -0.2) is 4.98 Å². The van der Waals surface area contributed by atoms with Crippen LogP contribution in [0.1, 0.15) is 18.4 Å². The van der Waals surface area contributed by atoms with Crippen LogP contribution in [0.4, 0.5) is 19.0 Å². The summed E-state index contributed by atoms with van der Waals surface area (Å²) in [6.07, 6.45) is -1.74. The number of amides is 1. The minimum atomic E-state index is -4.45. The minimum Gasteiger partial charge on any atom is -0.355 e. The summed E-state index contributed by atoms with van der Waals surface area (Å²) < 4.78 is 39.5. The van der Waals surface area contributed by atoms with Gasteiger partial charge in [0.25, 0.3) is 0 Å². The van der Waals surface area contributed by atoms with E-state index in [0.29, 0.717) is 32.5 Å². The van der Waals surface area contributed by atoms with Crippen molar-refractivity contribution in [3.05, 3.63) is 23.9 Å². The Morgan fingerprint density at radius 3 is 2.84 bits per heavy atom. The van der Waals surface area contributed by atoms with Crippen molar-refractivity contribution in [2.75, 3.05) is 45.2 Å². The summed E-state index contributed by atoms with van der Waals surface area (Å²) in [6, 6.07) is 2.32. The Labute approximate surface area is 152 Å². The Bertz CT molecular complexity index is 571. The van der Waals surface area contributed by atoms with E-state index in [1.807, 2.05) is 0 Å². The number of carbonyl (C=O) groups excluding carboxylic acids is 1. The minimum absolute atomic E-state index is 0. The summed E-state index contributed by atoms with van der Waals surface area (Å²) in [5.74, 6) is -0.413. The first kappa shape index (κ1) is 21.5. The largest absolute Gasteiger partial charge is 0.419 e. The zero-order valence-electron chi connectivity index (χ0n) is 14.3. The van der Waals surface area contributed by atoms with E-state index in [0.717, 1.165) is 6.07 Å².